The molecule has 0 aliphatic carbocycles. The first-order chi connectivity index (χ1) is 20.5. The second-order valence-corrected chi connectivity index (χ2v) is 13.0. The summed E-state index contributed by atoms with van der Waals surface area (Å²) in [5, 5.41) is 0. The van der Waals surface area contributed by atoms with E-state index in [1.807, 2.05) is 0 Å². The Morgan fingerprint density at radius 1 is 0.512 bits per heavy atom. The van der Waals surface area contributed by atoms with Crippen LogP contribution < -0.4 is 0 Å². The topological polar surface area (TPSA) is 37.6 Å². The second kappa shape index (κ2) is 14.1. The van der Waals surface area contributed by atoms with Gasteiger partial charge in [0.1, 0.15) is 0 Å². The lowest BCUT2D eigenvalue weighted by atomic mass is 9.92. The van der Waals surface area contributed by atoms with Gasteiger partial charge in [0.2, 0.25) is 0 Å². The summed E-state index contributed by atoms with van der Waals surface area (Å²) in [5.74, 6) is 1.51. The zero-order chi connectivity index (χ0) is 31.3. The molecule has 0 aliphatic rings. The van der Waals surface area contributed by atoms with Gasteiger partial charge in [-0.3, -0.25) is 9.98 Å². The lowest BCUT2D eigenvalue weighted by molar-refractivity contribution is 0.834. The number of hydrogen-bond donors (Lipinski definition) is 0. The normalized spacial score (nSPS) is 12.7. The van der Waals surface area contributed by atoms with Gasteiger partial charge in [0, 0.05) is 0 Å². The maximum atomic E-state index is 5.29. The van der Waals surface area contributed by atoms with E-state index in [4.69, 9.17) is 15.0 Å². The van der Waals surface area contributed by atoms with Crippen molar-refractivity contribution in [2.24, 2.45) is 9.98 Å². The average molecular weight is 572 g/mol. The Bertz CT molecular complexity index is 1450. The summed E-state index contributed by atoms with van der Waals surface area (Å²) < 4.78 is 0. The first-order valence-corrected chi connectivity index (χ1v) is 15.9. The molecule has 0 aliphatic heterocycles. The molecule has 0 saturated heterocycles. The van der Waals surface area contributed by atoms with Crippen LogP contribution in [0.15, 0.2) is 88.8 Å². The molecule has 4 rings (SSSR count). The van der Waals surface area contributed by atoms with Gasteiger partial charge < -0.3 is 0 Å². The van der Waals surface area contributed by atoms with Crippen molar-refractivity contribution in [2.45, 2.75) is 99.3 Å². The quantitative estimate of drug-likeness (QED) is 0.174. The predicted octanol–water partition coefficient (Wildman–Crippen LogP) is 11.4. The van der Waals surface area contributed by atoms with E-state index in [1.165, 1.54) is 33.4 Å². The molecule has 0 unspecified atom stereocenters. The van der Waals surface area contributed by atoms with Crippen molar-refractivity contribution in [3.8, 4) is 0 Å². The largest absolute Gasteiger partial charge is 0.251 e. The maximum Gasteiger partial charge on any atom is 0.0852 e. The van der Waals surface area contributed by atoms with Crippen LogP contribution >= 0.6 is 0 Å². The summed E-state index contributed by atoms with van der Waals surface area (Å²) in [6.45, 7) is 22.1. The highest BCUT2D eigenvalue weighted by atomic mass is 14.8. The summed E-state index contributed by atoms with van der Waals surface area (Å²) >= 11 is 0. The van der Waals surface area contributed by atoms with Gasteiger partial charge in [0.05, 0.1) is 34.2 Å². The molecule has 0 N–H and O–H groups in total. The summed E-state index contributed by atoms with van der Waals surface area (Å²) in [5.41, 5.74) is 13.4. The van der Waals surface area contributed by atoms with Gasteiger partial charge in [-0.15, -0.1) is 0 Å². The second-order valence-electron chi connectivity index (χ2n) is 13.0. The van der Waals surface area contributed by atoms with Gasteiger partial charge in [-0.25, -0.2) is 4.98 Å². The van der Waals surface area contributed by atoms with E-state index in [9.17, 15) is 0 Å². The first kappa shape index (κ1) is 32.1. The Labute approximate surface area is 260 Å². The van der Waals surface area contributed by atoms with Crippen LogP contribution in [0.2, 0.25) is 0 Å². The van der Waals surface area contributed by atoms with Crippen LogP contribution in [-0.2, 0) is 6.42 Å². The van der Waals surface area contributed by atoms with Crippen LogP contribution in [0.3, 0.4) is 0 Å². The molecule has 1 heterocycles. The minimum absolute atomic E-state index is 0.378. The van der Waals surface area contributed by atoms with Crippen LogP contribution in [0.4, 0.5) is 11.4 Å². The van der Waals surface area contributed by atoms with Crippen LogP contribution in [0, 0.1) is 0 Å². The lowest BCUT2D eigenvalue weighted by Crippen LogP contribution is -2.09. The fourth-order valence-corrected chi connectivity index (χ4v) is 5.62. The molecule has 1 aromatic heterocycles. The molecule has 0 amide bonds. The molecule has 224 valence electrons. The van der Waals surface area contributed by atoms with Crippen LogP contribution in [0.25, 0.3) is 0 Å². The highest BCUT2D eigenvalue weighted by Gasteiger charge is 2.17. The van der Waals surface area contributed by atoms with Crippen molar-refractivity contribution in [3.05, 3.63) is 124 Å². The number of benzene rings is 3. The first-order valence-electron chi connectivity index (χ1n) is 15.9. The molecule has 0 radical (unpaired) electrons. The number of aromatic nitrogens is 1. The standard InChI is InChI=1S/C40H49N3/c1-25(2)33-18-14-19-34(26(3)4)39(33)41-29(9)37-23-32(22-31-16-12-11-13-17-31)24-38(43-37)30(10)42-40-35(27(5)6)20-15-21-36(40)28(7)8/h11-21,23-28H,22H2,1-10H3. The number of aliphatic imine (C=N–C) groups is 2. The third-order valence-electron chi connectivity index (χ3n) is 8.12. The van der Waals surface area contributed by atoms with Gasteiger partial charge in [0.25, 0.3) is 0 Å². The molecule has 0 fully saturated rings. The highest BCUT2D eigenvalue weighted by Crippen LogP contribution is 2.36. The Kier molecular flexibility index (Phi) is 10.5. The Hall–Kier alpha value is -3.85. The van der Waals surface area contributed by atoms with Crippen molar-refractivity contribution >= 4 is 22.8 Å². The highest BCUT2D eigenvalue weighted by molar-refractivity contribution is 6.03. The summed E-state index contributed by atoms with van der Waals surface area (Å²) in [7, 11) is 0. The predicted molar refractivity (Wildman–Crippen MR) is 186 cm³/mol. The molecule has 0 bridgehead atoms. The zero-order valence-corrected chi connectivity index (χ0v) is 27.9. The van der Waals surface area contributed by atoms with Gasteiger partial charge in [-0.2, -0.15) is 0 Å². The third-order valence-corrected chi connectivity index (χ3v) is 8.12. The van der Waals surface area contributed by atoms with Crippen LogP contribution in [-0.4, -0.2) is 16.4 Å². The smallest absolute Gasteiger partial charge is 0.0852 e. The van der Waals surface area contributed by atoms with E-state index < -0.39 is 0 Å². The van der Waals surface area contributed by atoms with Gasteiger partial charge >= 0.3 is 0 Å². The van der Waals surface area contributed by atoms with E-state index in [2.05, 4.69) is 148 Å². The molecule has 0 spiro atoms. The van der Waals surface area contributed by atoms with Gasteiger partial charge in [-0.05, 0) is 89.5 Å². The van der Waals surface area contributed by atoms with E-state index in [1.54, 1.807) is 0 Å². The minimum atomic E-state index is 0.378. The van der Waals surface area contributed by atoms with Crippen molar-refractivity contribution in [3.63, 3.8) is 0 Å². The third kappa shape index (κ3) is 7.76. The molecule has 43 heavy (non-hydrogen) atoms. The summed E-state index contributed by atoms with van der Waals surface area (Å²) in [4.78, 5) is 15.8. The fraction of sp³-hybridized carbons (Fsp3) is 0.375. The van der Waals surface area contributed by atoms with Crippen molar-refractivity contribution in [1.82, 2.24) is 4.98 Å². The zero-order valence-electron chi connectivity index (χ0n) is 27.9. The Morgan fingerprint density at radius 2 is 0.884 bits per heavy atom. The fourth-order valence-electron chi connectivity index (χ4n) is 5.62. The number of para-hydroxylation sites is 2. The van der Waals surface area contributed by atoms with E-state index in [-0.39, 0.29) is 0 Å². The Morgan fingerprint density at radius 3 is 1.23 bits per heavy atom. The molecule has 0 saturated carbocycles. The number of pyridine rings is 1. The van der Waals surface area contributed by atoms with Gasteiger partial charge in [0.15, 0.2) is 0 Å². The SMILES string of the molecule is CC(=Nc1c(C(C)C)cccc1C(C)C)c1cc(Cc2ccccc2)cc(C(C)=Nc2c(C(C)C)cccc2C(C)C)n1. The molecule has 3 aromatic carbocycles. The van der Waals surface area contributed by atoms with Crippen LogP contribution in [0.1, 0.15) is 138 Å². The Balaban J connectivity index is 1.90. The maximum absolute atomic E-state index is 5.29. The number of hydrogen-bond acceptors (Lipinski definition) is 3. The van der Waals surface area contributed by atoms with E-state index >= 15 is 0 Å². The van der Waals surface area contributed by atoms with E-state index in [0.717, 1.165) is 40.6 Å². The molecule has 4 aromatic rings. The molecular formula is C40H49N3. The molecule has 0 atom stereocenters. The monoisotopic (exact) mass is 571 g/mol. The number of rotatable bonds is 10. The van der Waals surface area contributed by atoms with Crippen LogP contribution in [0.5, 0.6) is 0 Å². The lowest BCUT2D eigenvalue weighted by Gasteiger charge is -2.18. The van der Waals surface area contributed by atoms with Crippen molar-refractivity contribution in [1.29, 1.82) is 0 Å². The van der Waals surface area contributed by atoms with Crippen molar-refractivity contribution < 1.29 is 0 Å². The van der Waals surface area contributed by atoms with E-state index in [0.29, 0.717) is 23.7 Å². The molecular weight excluding hydrogens is 522 g/mol. The minimum Gasteiger partial charge on any atom is -0.251 e. The average Bonchev–Trinajstić information content (AvgIpc) is 2.97. The number of nitrogens with zero attached hydrogens (tertiary/aromatic N) is 3. The summed E-state index contributed by atoms with van der Waals surface area (Å²) in [6, 6.07) is 28.2. The molecule has 3 nitrogen and oxygen atoms in total. The van der Waals surface area contributed by atoms with Gasteiger partial charge in [-0.1, -0.05) is 122 Å². The molecule has 3 heteroatoms. The van der Waals surface area contributed by atoms with Crippen molar-refractivity contribution in [2.75, 3.05) is 0 Å². The summed E-state index contributed by atoms with van der Waals surface area (Å²) in [6.07, 6.45) is 0.823.